The smallest absolute Gasteiger partial charge is 0.122 e. The van der Waals surface area contributed by atoms with E-state index in [9.17, 15) is 14.6 Å². The lowest BCUT2D eigenvalue weighted by Gasteiger charge is -2.64. The Morgan fingerprint density at radius 2 is 2.00 bits per heavy atom. The van der Waals surface area contributed by atoms with Crippen molar-refractivity contribution < 1.29 is 14.6 Å². The third-order valence-corrected chi connectivity index (χ3v) is 4.37. The van der Waals surface area contributed by atoms with Crippen LogP contribution in [0.25, 0.3) is 0 Å². The fourth-order valence-electron chi connectivity index (χ4n) is 3.15. The lowest BCUT2D eigenvalue weighted by atomic mass is 9.43. The quantitative estimate of drug-likeness (QED) is 0.647. The average Bonchev–Trinajstić information content (AvgIpc) is 2.08. The predicted molar refractivity (Wildman–Crippen MR) is 46.9 cm³/mol. The van der Waals surface area contributed by atoms with Gasteiger partial charge < -0.3 is 10.2 Å². The lowest BCUT2D eigenvalue weighted by molar-refractivity contribution is -0.258. The molecule has 3 rings (SSSR count). The molecule has 0 aromatic rings. The van der Waals surface area contributed by atoms with Crippen molar-refractivity contribution in [3.05, 3.63) is 0 Å². The monoisotopic (exact) mass is 188 g/mol. The molecule has 3 heteroatoms. The molecular formula is C10H17FO2. The molecule has 0 unspecified atom stereocenters. The Kier molecular flexibility index (Phi) is 1.77. The van der Waals surface area contributed by atoms with Crippen molar-refractivity contribution in [3.63, 3.8) is 0 Å². The van der Waals surface area contributed by atoms with Crippen molar-refractivity contribution in [1.29, 1.82) is 0 Å². The summed E-state index contributed by atoms with van der Waals surface area (Å²) in [6.45, 7) is 3.28. The highest BCUT2D eigenvalue weighted by Crippen LogP contribution is 2.62. The van der Waals surface area contributed by atoms with Crippen molar-refractivity contribution >= 4 is 0 Å². The molecule has 76 valence electrons. The number of alkyl halides is 1. The maximum Gasteiger partial charge on any atom is 0.122 e. The first-order chi connectivity index (χ1) is 5.93. The van der Waals surface area contributed by atoms with Crippen LogP contribution < -0.4 is 0 Å². The molecule has 4 atom stereocenters. The zero-order chi connectivity index (χ0) is 9.85. The van der Waals surface area contributed by atoms with E-state index < -0.39 is 18.4 Å². The zero-order valence-corrected chi connectivity index (χ0v) is 8.13. The second-order valence-corrected chi connectivity index (χ2v) is 5.18. The number of hydrogen-bond donors (Lipinski definition) is 2. The molecular weight excluding hydrogens is 171 g/mol. The van der Waals surface area contributed by atoms with Crippen molar-refractivity contribution in [2.45, 2.75) is 38.4 Å². The van der Waals surface area contributed by atoms with Crippen molar-refractivity contribution in [3.8, 4) is 0 Å². The summed E-state index contributed by atoms with van der Waals surface area (Å²) in [5.41, 5.74) is -1.47. The molecule has 2 N–H and O–H groups in total. The summed E-state index contributed by atoms with van der Waals surface area (Å²) in [4.78, 5) is 0. The maximum absolute atomic E-state index is 12.7. The van der Waals surface area contributed by atoms with E-state index in [1.807, 2.05) is 0 Å². The molecule has 3 aliphatic carbocycles. The minimum Gasteiger partial charge on any atom is -0.390 e. The molecule has 13 heavy (non-hydrogen) atoms. The van der Waals surface area contributed by atoms with Crippen LogP contribution in [0.1, 0.15) is 26.7 Å². The van der Waals surface area contributed by atoms with Gasteiger partial charge in [0.15, 0.2) is 0 Å². The first-order valence-corrected chi connectivity index (χ1v) is 4.89. The van der Waals surface area contributed by atoms with Gasteiger partial charge in [0, 0.05) is 0 Å². The topological polar surface area (TPSA) is 40.5 Å². The third kappa shape index (κ3) is 0.947. The largest absolute Gasteiger partial charge is 0.390 e. The first-order valence-electron chi connectivity index (χ1n) is 4.89. The molecule has 0 aliphatic heterocycles. The molecule has 3 fully saturated rings. The van der Waals surface area contributed by atoms with Crippen LogP contribution >= 0.6 is 0 Å². The SMILES string of the molecule is CC1(C)[C@@H]2C[C@H]1[C@](O)(CF)[C@@H](O)C2. The second-order valence-electron chi connectivity index (χ2n) is 5.18. The van der Waals surface area contributed by atoms with Gasteiger partial charge in [-0.25, -0.2) is 4.39 Å². The summed E-state index contributed by atoms with van der Waals surface area (Å²) in [6, 6.07) is 0. The molecule has 0 spiro atoms. The van der Waals surface area contributed by atoms with Gasteiger partial charge in [-0.1, -0.05) is 13.8 Å². The Morgan fingerprint density at radius 3 is 2.38 bits per heavy atom. The molecule has 0 radical (unpaired) electrons. The molecule has 0 amide bonds. The summed E-state index contributed by atoms with van der Waals surface area (Å²) in [5, 5.41) is 19.5. The summed E-state index contributed by atoms with van der Waals surface area (Å²) in [5.74, 6) is 0.387. The van der Waals surface area contributed by atoms with Crippen LogP contribution in [-0.4, -0.2) is 28.6 Å². The van der Waals surface area contributed by atoms with Crippen molar-refractivity contribution in [2.75, 3.05) is 6.67 Å². The summed E-state index contributed by atoms with van der Waals surface area (Å²) < 4.78 is 12.7. The third-order valence-electron chi connectivity index (χ3n) is 4.37. The zero-order valence-electron chi connectivity index (χ0n) is 8.13. The van der Waals surface area contributed by atoms with Gasteiger partial charge in [0.1, 0.15) is 12.3 Å². The number of aliphatic hydroxyl groups is 2. The van der Waals surface area contributed by atoms with Gasteiger partial charge in [0.25, 0.3) is 0 Å². The van der Waals surface area contributed by atoms with E-state index in [0.29, 0.717) is 12.3 Å². The van der Waals surface area contributed by atoms with Gasteiger partial charge >= 0.3 is 0 Å². The fraction of sp³-hybridized carbons (Fsp3) is 1.00. The highest BCUT2D eigenvalue weighted by Gasteiger charge is 2.64. The fourth-order valence-corrected chi connectivity index (χ4v) is 3.15. The van der Waals surface area contributed by atoms with E-state index in [1.54, 1.807) is 0 Å². The second kappa shape index (κ2) is 2.45. The Balaban J connectivity index is 2.27. The van der Waals surface area contributed by atoms with Crippen LogP contribution in [0, 0.1) is 17.3 Å². The first kappa shape index (κ1) is 9.41. The average molecular weight is 188 g/mol. The number of rotatable bonds is 1. The van der Waals surface area contributed by atoms with Crippen LogP contribution in [0.2, 0.25) is 0 Å². The summed E-state index contributed by atoms with van der Waals surface area (Å²) >= 11 is 0. The van der Waals surface area contributed by atoms with Crippen LogP contribution in [0.4, 0.5) is 4.39 Å². The number of fused-ring (bicyclic) bond motifs is 2. The Morgan fingerprint density at radius 1 is 1.38 bits per heavy atom. The molecule has 2 bridgehead atoms. The Labute approximate surface area is 77.8 Å². The number of aliphatic hydroxyl groups excluding tert-OH is 1. The van der Waals surface area contributed by atoms with Gasteiger partial charge in [-0.05, 0) is 30.1 Å². The number of halogens is 1. The standard InChI is InChI=1S/C10H17FO2/c1-9(2)6-3-7(9)10(13,5-11)8(12)4-6/h6-8,12-13H,3-5H2,1-2H3/t6-,7-,8+,10-/m1/s1. The molecule has 2 nitrogen and oxygen atoms in total. The van der Waals surface area contributed by atoms with Crippen molar-refractivity contribution in [2.24, 2.45) is 17.3 Å². The molecule has 3 aliphatic rings. The van der Waals surface area contributed by atoms with Gasteiger partial charge in [0.2, 0.25) is 0 Å². The minimum atomic E-state index is -1.47. The van der Waals surface area contributed by atoms with Crippen LogP contribution in [-0.2, 0) is 0 Å². The molecule has 0 aromatic heterocycles. The highest BCUT2D eigenvalue weighted by molar-refractivity contribution is 5.13. The van der Waals surface area contributed by atoms with Crippen molar-refractivity contribution in [1.82, 2.24) is 0 Å². The Hall–Kier alpha value is -0.150. The number of hydrogen-bond acceptors (Lipinski definition) is 2. The van der Waals surface area contributed by atoms with Gasteiger partial charge in [-0.15, -0.1) is 0 Å². The van der Waals surface area contributed by atoms with E-state index in [-0.39, 0.29) is 11.3 Å². The van der Waals surface area contributed by atoms with E-state index in [1.165, 1.54) is 0 Å². The normalized spacial score (nSPS) is 52.8. The van der Waals surface area contributed by atoms with Gasteiger partial charge in [0.05, 0.1) is 6.10 Å². The van der Waals surface area contributed by atoms with Crippen LogP contribution in [0.5, 0.6) is 0 Å². The molecule has 0 heterocycles. The van der Waals surface area contributed by atoms with Crippen LogP contribution in [0.15, 0.2) is 0 Å². The molecule has 0 aromatic carbocycles. The van der Waals surface area contributed by atoms with Gasteiger partial charge in [-0.2, -0.15) is 0 Å². The highest BCUT2D eigenvalue weighted by atomic mass is 19.1. The van der Waals surface area contributed by atoms with E-state index >= 15 is 0 Å². The van der Waals surface area contributed by atoms with E-state index in [2.05, 4.69) is 13.8 Å². The van der Waals surface area contributed by atoms with Crippen LogP contribution in [0.3, 0.4) is 0 Å². The minimum absolute atomic E-state index is 0.0000694. The van der Waals surface area contributed by atoms with E-state index in [0.717, 1.165) is 6.42 Å². The van der Waals surface area contributed by atoms with Gasteiger partial charge in [-0.3, -0.25) is 0 Å². The predicted octanol–water partition coefficient (Wildman–Crippen LogP) is 1.11. The summed E-state index contributed by atoms with van der Waals surface area (Å²) in [7, 11) is 0. The Bertz CT molecular complexity index is 229. The molecule has 3 saturated carbocycles. The summed E-state index contributed by atoms with van der Waals surface area (Å²) in [6.07, 6.45) is 0.545. The lowest BCUT2D eigenvalue weighted by Crippen LogP contribution is -2.68. The van der Waals surface area contributed by atoms with E-state index in [4.69, 9.17) is 0 Å². The maximum atomic E-state index is 12.7. The molecule has 0 saturated heterocycles.